The number of nitrogens with zero attached hydrogens (tertiary/aromatic N) is 7. The van der Waals surface area contributed by atoms with Gasteiger partial charge in [0.2, 0.25) is 5.95 Å². The molecular formula is C20H23F2N10O8P2S2+. The van der Waals surface area contributed by atoms with Crippen molar-refractivity contribution in [2.75, 3.05) is 24.7 Å². The van der Waals surface area contributed by atoms with Crippen LogP contribution in [0.4, 0.5) is 20.5 Å². The second kappa shape index (κ2) is 11.9. The number of aliphatic hydroxyl groups excluding tert-OH is 1. The summed E-state index contributed by atoms with van der Waals surface area (Å²) in [6.45, 7) is -5.49. The average molecular weight is 696 g/mol. The summed E-state index contributed by atoms with van der Waals surface area (Å²) in [6.07, 6.45) is -8.03. The maximum absolute atomic E-state index is 15.9. The van der Waals surface area contributed by atoms with Gasteiger partial charge >= 0.3 is 7.23 Å². The number of hydrogen-bond acceptors (Lipinski definition) is 15. The Labute approximate surface area is 255 Å². The number of imidazole rings is 2. The summed E-state index contributed by atoms with van der Waals surface area (Å²) in [6, 6.07) is 0. The van der Waals surface area contributed by atoms with E-state index in [1.807, 2.05) is 0 Å². The summed E-state index contributed by atoms with van der Waals surface area (Å²) >= 11 is 9.01. The van der Waals surface area contributed by atoms with E-state index < -0.39 is 81.3 Å². The zero-order valence-corrected chi connectivity index (χ0v) is 25.4. The molecule has 18 nitrogen and oxygen atoms in total. The highest BCUT2D eigenvalue weighted by molar-refractivity contribution is 8.39. The number of aromatic nitrogens is 8. The number of nitrogens with one attached hydrogen (secondary N) is 1. The van der Waals surface area contributed by atoms with Crippen LogP contribution in [-0.4, -0.2) is 98.6 Å². The SMILES string of the molecule is Nc1nc2c(ncn2[C@@H]2O[C@H](CO[P+](=O)S)[C@@H](F)[C@H]2P(O)(=S)OCC2O[C@@H](n3cnc4c(N)ncnc43)[C@@H](F)[C@@H]2O)c(=O)[nH]1. The monoisotopic (exact) mass is 695 g/mol. The molecule has 4 aromatic heterocycles. The zero-order valence-electron chi connectivity index (χ0n) is 21.9. The summed E-state index contributed by atoms with van der Waals surface area (Å²) in [5.41, 5.74) is 9.20. The summed E-state index contributed by atoms with van der Waals surface area (Å²) in [5.74, 6) is -0.222. The van der Waals surface area contributed by atoms with E-state index in [0.29, 0.717) is 0 Å². The number of anilines is 2. The maximum atomic E-state index is 15.9. The molecule has 0 bridgehead atoms. The lowest BCUT2D eigenvalue weighted by Crippen LogP contribution is -2.34. The van der Waals surface area contributed by atoms with Gasteiger partial charge < -0.3 is 35.5 Å². The Morgan fingerprint density at radius 3 is 2.48 bits per heavy atom. The van der Waals surface area contributed by atoms with Crippen LogP contribution in [0.3, 0.4) is 0 Å². The Morgan fingerprint density at radius 2 is 1.75 bits per heavy atom. The van der Waals surface area contributed by atoms with Gasteiger partial charge in [0, 0.05) is 0 Å². The van der Waals surface area contributed by atoms with Crippen molar-refractivity contribution in [3.8, 4) is 0 Å². The largest absolute Gasteiger partial charge is 0.582 e. The molecule has 0 spiro atoms. The van der Waals surface area contributed by atoms with E-state index in [1.165, 1.54) is 10.9 Å². The van der Waals surface area contributed by atoms with Crippen LogP contribution in [0, 0.1) is 0 Å². The Balaban J connectivity index is 1.26. The van der Waals surface area contributed by atoms with Gasteiger partial charge in [-0.05, 0) is 16.4 Å². The fraction of sp³-hybridized carbons (Fsp3) is 0.500. The van der Waals surface area contributed by atoms with E-state index in [4.69, 9.17) is 41.8 Å². The van der Waals surface area contributed by atoms with E-state index in [0.717, 1.165) is 17.2 Å². The van der Waals surface area contributed by atoms with Gasteiger partial charge in [-0.3, -0.25) is 18.9 Å². The summed E-state index contributed by atoms with van der Waals surface area (Å²) < 4.78 is 67.0. The van der Waals surface area contributed by atoms with Crippen LogP contribution in [0.1, 0.15) is 12.5 Å². The van der Waals surface area contributed by atoms with E-state index in [-0.39, 0.29) is 34.1 Å². The Bertz CT molecular complexity index is 1850. The highest BCUT2D eigenvalue weighted by Crippen LogP contribution is 2.59. The third-order valence-corrected chi connectivity index (χ3v) is 10.7. The Hall–Kier alpha value is -2.78. The minimum atomic E-state index is -4.28. The number of rotatable bonds is 9. The van der Waals surface area contributed by atoms with Gasteiger partial charge in [0.05, 0.1) is 19.3 Å². The molecule has 2 saturated heterocycles. The van der Waals surface area contributed by atoms with Gasteiger partial charge in [0.1, 0.15) is 60.8 Å². The Kier molecular flexibility index (Phi) is 8.41. The smallest absolute Gasteiger partial charge is 0.387 e. The van der Waals surface area contributed by atoms with E-state index in [1.54, 1.807) is 0 Å². The number of ether oxygens (including phenoxy) is 2. The van der Waals surface area contributed by atoms with Crippen LogP contribution in [0.2, 0.25) is 0 Å². The molecule has 6 rings (SSSR count). The van der Waals surface area contributed by atoms with Crippen molar-refractivity contribution >= 4 is 71.9 Å². The molecule has 3 unspecified atom stereocenters. The number of aliphatic hydroxyl groups is 1. The molecule has 2 aliphatic rings. The van der Waals surface area contributed by atoms with Crippen LogP contribution in [0.15, 0.2) is 23.8 Å². The topological polar surface area (TPSA) is 254 Å². The number of alkyl halides is 2. The predicted molar refractivity (Wildman–Crippen MR) is 155 cm³/mol. The second-order valence-electron chi connectivity index (χ2n) is 9.75. The first-order valence-corrected chi connectivity index (χ1v) is 17.6. The number of halogens is 2. The minimum Gasteiger partial charge on any atom is -0.387 e. The summed E-state index contributed by atoms with van der Waals surface area (Å²) in [4.78, 5) is 45.9. The minimum absolute atomic E-state index is 0.0516. The van der Waals surface area contributed by atoms with Crippen LogP contribution >= 0.6 is 26.0 Å². The lowest BCUT2D eigenvalue weighted by atomic mass is 10.1. The first-order valence-electron chi connectivity index (χ1n) is 12.6. The third-order valence-electron chi connectivity index (χ3n) is 7.12. The molecule has 6 heterocycles. The normalized spacial score (nSPS) is 30.7. The number of aromatic amines is 1. The molecule has 0 radical (unpaired) electrons. The first-order chi connectivity index (χ1) is 20.9. The lowest BCUT2D eigenvalue weighted by molar-refractivity contribution is -0.0422. The molecule has 0 amide bonds. The fourth-order valence-electron chi connectivity index (χ4n) is 5.07. The van der Waals surface area contributed by atoms with Crippen molar-refractivity contribution in [2.24, 2.45) is 0 Å². The second-order valence-corrected chi connectivity index (χ2v) is 15.0. The maximum Gasteiger partial charge on any atom is 0.582 e. The van der Waals surface area contributed by atoms with Crippen LogP contribution in [-0.2, 0) is 34.9 Å². The zero-order chi connectivity index (χ0) is 31.5. The van der Waals surface area contributed by atoms with Gasteiger partial charge in [0.15, 0.2) is 47.7 Å². The van der Waals surface area contributed by atoms with Gasteiger partial charge in [-0.2, -0.15) is 4.98 Å². The summed E-state index contributed by atoms with van der Waals surface area (Å²) in [7, 11) is -2.44. The van der Waals surface area contributed by atoms with Gasteiger partial charge in [-0.1, -0.05) is 0 Å². The van der Waals surface area contributed by atoms with Crippen molar-refractivity contribution in [1.29, 1.82) is 0 Å². The molecule has 7 N–H and O–H groups in total. The highest BCUT2D eigenvalue weighted by atomic mass is 32.7. The lowest BCUT2D eigenvalue weighted by Gasteiger charge is -2.29. The number of nitrogen functional groups attached to an aromatic ring is 2. The third kappa shape index (κ3) is 5.48. The predicted octanol–water partition coefficient (Wildman–Crippen LogP) is 0.247. The molecule has 4 aromatic rings. The molecule has 0 aliphatic carbocycles. The molecular weight excluding hydrogens is 672 g/mol. The van der Waals surface area contributed by atoms with Gasteiger partial charge in [0.25, 0.3) is 5.56 Å². The standard InChI is InChI=1S/C20H22F2N10O8P2S2/c21-8-6(1-37-41(35)43)39-19(32-5-28-11-16(32)29-20(24)30-17(11)34)13(8)42(36,44)38-2-7-12(33)9(22)18(40-7)31-4-27-10-14(23)25-3-26-15(10)31/h3-9,12-13,18-19,33H,1-2H2,(H6-,23,24,25,26,29,30,34,35,36,43,44)/p+1/t6-,7?,8-,9+,12-,13-,18-,19-,42?/m1/s1. The molecule has 236 valence electrons. The van der Waals surface area contributed by atoms with Crippen molar-refractivity contribution in [1.82, 2.24) is 39.0 Å². The molecule has 10 atom stereocenters. The van der Waals surface area contributed by atoms with Crippen molar-refractivity contribution < 1.29 is 41.9 Å². The molecule has 2 fully saturated rings. The quantitative estimate of drug-likeness (QED) is 0.101. The van der Waals surface area contributed by atoms with Crippen LogP contribution < -0.4 is 17.0 Å². The number of H-pyrrole nitrogens is 1. The van der Waals surface area contributed by atoms with E-state index in [9.17, 15) is 19.4 Å². The number of hydrogen-bond donors (Lipinski definition) is 6. The van der Waals surface area contributed by atoms with E-state index >= 15 is 8.78 Å². The van der Waals surface area contributed by atoms with Gasteiger partial charge in [-0.25, -0.2) is 28.7 Å². The first kappa shape index (κ1) is 31.2. The van der Waals surface area contributed by atoms with E-state index in [2.05, 4.69) is 42.2 Å². The number of fused-ring (bicyclic) bond motifs is 2. The molecule has 2 aliphatic heterocycles. The van der Waals surface area contributed by atoms with Crippen molar-refractivity contribution in [3.63, 3.8) is 0 Å². The van der Waals surface area contributed by atoms with Crippen molar-refractivity contribution in [2.45, 2.75) is 48.8 Å². The van der Waals surface area contributed by atoms with Crippen LogP contribution in [0.5, 0.6) is 0 Å². The van der Waals surface area contributed by atoms with Gasteiger partial charge in [-0.15, -0.1) is 4.52 Å². The average Bonchev–Trinajstić information content (AvgIpc) is 3.72. The van der Waals surface area contributed by atoms with Crippen molar-refractivity contribution in [3.05, 3.63) is 29.3 Å². The van der Waals surface area contributed by atoms with Crippen LogP contribution in [0.25, 0.3) is 22.3 Å². The fourth-order valence-corrected chi connectivity index (χ4v) is 8.01. The highest BCUT2D eigenvalue weighted by Gasteiger charge is 2.55. The number of thiol groups is 1. The molecule has 44 heavy (non-hydrogen) atoms. The number of nitrogens with two attached hydrogens (primary N) is 2. The Morgan fingerprint density at radius 1 is 1.07 bits per heavy atom. The molecule has 0 saturated carbocycles. The molecule has 24 heteroatoms. The summed E-state index contributed by atoms with van der Waals surface area (Å²) in [5, 5.41) is 10.6. The molecule has 0 aromatic carbocycles.